The summed E-state index contributed by atoms with van der Waals surface area (Å²) in [5.74, 6) is -0.813. The van der Waals surface area contributed by atoms with Crippen LogP contribution >= 0.6 is 15.9 Å². The van der Waals surface area contributed by atoms with Crippen molar-refractivity contribution < 1.29 is 14.3 Å². The number of aliphatic carboxylic acids is 1. The van der Waals surface area contributed by atoms with E-state index in [1.54, 1.807) is 0 Å². The van der Waals surface area contributed by atoms with E-state index in [9.17, 15) is 9.18 Å². The van der Waals surface area contributed by atoms with Gasteiger partial charge in [-0.15, -0.1) is 0 Å². The van der Waals surface area contributed by atoms with Gasteiger partial charge in [-0.3, -0.25) is 4.79 Å². The van der Waals surface area contributed by atoms with E-state index in [0.29, 0.717) is 10.4 Å². The molecule has 1 N–H and O–H groups in total. The minimum absolute atomic E-state index is 0.0729. The molecule has 0 aliphatic heterocycles. The van der Waals surface area contributed by atoms with Crippen LogP contribution in [0.1, 0.15) is 36.3 Å². The lowest BCUT2D eigenvalue weighted by Crippen LogP contribution is -2.10. The second-order valence-electron chi connectivity index (χ2n) is 4.69. The summed E-state index contributed by atoms with van der Waals surface area (Å²) in [6, 6.07) is 3.34. The Balaban J connectivity index is 2.38. The number of carbonyl (C=O) groups is 1. The molecule has 0 aromatic heterocycles. The summed E-state index contributed by atoms with van der Waals surface area (Å²) in [6.07, 6.45) is 2.16. The number of rotatable bonds is 4. The third kappa shape index (κ3) is 2.86. The van der Waals surface area contributed by atoms with E-state index < -0.39 is 5.97 Å². The third-order valence-corrected chi connectivity index (χ3v) is 4.02. The molecule has 0 saturated heterocycles. The summed E-state index contributed by atoms with van der Waals surface area (Å²) in [5.41, 5.74) is 1.63. The van der Waals surface area contributed by atoms with Crippen molar-refractivity contribution in [3.05, 3.63) is 33.5 Å². The van der Waals surface area contributed by atoms with E-state index in [4.69, 9.17) is 5.11 Å². The van der Waals surface area contributed by atoms with Crippen LogP contribution in [-0.2, 0) is 4.79 Å². The summed E-state index contributed by atoms with van der Waals surface area (Å²) < 4.78 is 14.0. The van der Waals surface area contributed by atoms with Gasteiger partial charge in [-0.1, -0.05) is 6.07 Å². The highest BCUT2D eigenvalue weighted by molar-refractivity contribution is 9.10. The zero-order chi connectivity index (χ0) is 12.6. The van der Waals surface area contributed by atoms with Crippen LogP contribution in [0.2, 0.25) is 0 Å². The van der Waals surface area contributed by atoms with Gasteiger partial charge in [0.05, 0.1) is 10.9 Å². The molecule has 2 rings (SSSR count). The number of hydrogen-bond donors (Lipinski definition) is 1. The molecule has 2 nitrogen and oxygen atoms in total. The average Bonchev–Trinajstić information content (AvgIpc) is 3.03. The lowest BCUT2D eigenvalue weighted by atomic mass is 9.90. The lowest BCUT2D eigenvalue weighted by Gasteiger charge is -2.17. The molecule has 0 radical (unpaired) electrons. The average molecular weight is 301 g/mol. The van der Waals surface area contributed by atoms with Gasteiger partial charge in [0.25, 0.3) is 0 Å². The van der Waals surface area contributed by atoms with Crippen LogP contribution in [0.4, 0.5) is 4.39 Å². The molecule has 1 aliphatic carbocycles. The molecule has 0 heterocycles. The molecule has 0 spiro atoms. The van der Waals surface area contributed by atoms with Gasteiger partial charge in [-0.05, 0) is 64.7 Å². The minimum Gasteiger partial charge on any atom is -0.481 e. The summed E-state index contributed by atoms with van der Waals surface area (Å²) in [7, 11) is 0. The Morgan fingerprint density at radius 1 is 1.59 bits per heavy atom. The van der Waals surface area contributed by atoms with E-state index in [2.05, 4.69) is 15.9 Å². The lowest BCUT2D eigenvalue weighted by molar-refractivity contribution is -0.137. The van der Waals surface area contributed by atoms with Crippen molar-refractivity contribution in [2.75, 3.05) is 0 Å². The Labute approximate surface area is 108 Å². The Morgan fingerprint density at radius 2 is 2.24 bits per heavy atom. The van der Waals surface area contributed by atoms with E-state index in [1.807, 2.05) is 13.0 Å². The molecule has 1 aromatic carbocycles. The fourth-order valence-electron chi connectivity index (χ4n) is 2.24. The maximum absolute atomic E-state index is 13.6. The summed E-state index contributed by atoms with van der Waals surface area (Å²) in [6.45, 7) is 1.82. The van der Waals surface area contributed by atoms with Crippen molar-refractivity contribution >= 4 is 21.9 Å². The second kappa shape index (κ2) is 4.77. The number of carboxylic acids is 1. The second-order valence-corrected chi connectivity index (χ2v) is 5.48. The van der Waals surface area contributed by atoms with Crippen molar-refractivity contribution in [2.45, 2.75) is 32.1 Å². The molecule has 17 heavy (non-hydrogen) atoms. The van der Waals surface area contributed by atoms with Crippen molar-refractivity contribution in [3.8, 4) is 0 Å². The summed E-state index contributed by atoms with van der Waals surface area (Å²) >= 11 is 3.23. The van der Waals surface area contributed by atoms with Gasteiger partial charge >= 0.3 is 5.97 Å². The molecule has 92 valence electrons. The predicted octanol–water partition coefficient (Wildman–Crippen LogP) is 3.86. The number of carboxylic acid groups (broad SMARTS) is 1. The number of halogens is 2. The van der Waals surface area contributed by atoms with Crippen LogP contribution in [0.5, 0.6) is 0 Å². The van der Waals surface area contributed by atoms with E-state index >= 15 is 0 Å². The van der Waals surface area contributed by atoms with E-state index in [1.165, 1.54) is 6.07 Å². The zero-order valence-corrected chi connectivity index (χ0v) is 11.1. The maximum Gasteiger partial charge on any atom is 0.303 e. The van der Waals surface area contributed by atoms with E-state index in [-0.39, 0.29) is 18.2 Å². The Hall–Kier alpha value is -0.900. The number of hydrogen-bond acceptors (Lipinski definition) is 1. The zero-order valence-electron chi connectivity index (χ0n) is 9.54. The van der Waals surface area contributed by atoms with Crippen molar-refractivity contribution in [3.63, 3.8) is 0 Å². The van der Waals surface area contributed by atoms with Crippen LogP contribution in [0, 0.1) is 18.7 Å². The van der Waals surface area contributed by atoms with Gasteiger partial charge in [0.1, 0.15) is 5.82 Å². The molecular weight excluding hydrogens is 287 g/mol. The van der Waals surface area contributed by atoms with Crippen molar-refractivity contribution in [2.24, 2.45) is 5.92 Å². The molecular formula is C13H14BrFO2. The molecule has 0 bridgehead atoms. The maximum atomic E-state index is 13.6. The minimum atomic E-state index is -0.823. The molecule has 1 fully saturated rings. The van der Waals surface area contributed by atoms with Crippen LogP contribution < -0.4 is 0 Å². The predicted molar refractivity (Wildman–Crippen MR) is 66.6 cm³/mol. The molecule has 0 amide bonds. The highest BCUT2D eigenvalue weighted by Gasteiger charge is 2.35. The fraction of sp³-hybridized carbons (Fsp3) is 0.462. The highest BCUT2D eigenvalue weighted by atomic mass is 79.9. The first-order chi connectivity index (χ1) is 7.99. The SMILES string of the molecule is Cc1cc(F)c(Br)c(C(CC(=O)O)C2CC2)c1. The van der Waals surface area contributed by atoms with Gasteiger partial charge in [-0.25, -0.2) is 4.39 Å². The molecule has 1 aliphatic rings. The monoisotopic (exact) mass is 300 g/mol. The van der Waals surface area contributed by atoms with Gasteiger partial charge in [0, 0.05) is 0 Å². The van der Waals surface area contributed by atoms with Crippen LogP contribution in [0.3, 0.4) is 0 Å². The van der Waals surface area contributed by atoms with Crippen LogP contribution in [0.25, 0.3) is 0 Å². The summed E-state index contributed by atoms with van der Waals surface area (Å²) in [5, 5.41) is 8.94. The first-order valence-electron chi connectivity index (χ1n) is 5.66. The topological polar surface area (TPSA) is 37.3 Å². The largest absolute Gasteiger partial charge is 0.481 e. The Morgan fingerprint density at radius 3 is 2.76 bits per heavy atom. The van der Waals surface area contributed by atoms with Gasteiger partial charge in [0.2, 0.25) is 0 Å². The van der Waals surface area contributed by atoms with Gasteiger partial charge in [-0.2, -0.15) is 0 Å². The number of benzene rings is 1. The van der Waals surface area contributed by atoms with Crippen LogP contribution in [0.15, 0.2) is 16.6 Å². The smallest absolute Gasteiger partial charge is 0.303 e. The first kappa shape index (κ1) is 12.6. The number of aryl methyl sites for hydroxylation is 1. The molecule has 1 atom stereocenters. The summed E-state index contributed by atoms with van der Waals surface area (Å²) in [4.78, 5) is 10.9. The highest BCUT2D eigenvalue weighted by Crippen LogP contribution is 2.46. The molecule has 1 aromatic rings. The Bertz CT molecular complexity index is 455. The van der Waals surface area contributed by atoms with Crippen molar-refractivity contribution in [1.82, 2.24) is 0 Å². The van der Waals surface area contributed by atoms with Crippen molar-refractivity contribution in [1.29, 1.82) is 0 Å². The standard InChI is InChI=1S/C13H14BrFO2/c1-7-4-10(13(14)11(15)5-7)9(6-12(16)17)8-2-3-8/h4-5,8-9H,2-3,6H2,1H3,(H,16,17). The third-order valence-electron chi connectivity index (χ3n) is 3.19. The van der Waals surface area contributed by atoms with Gasteiger partial charge in [0.15, 0.2) is 0 Å². The first-order valence-corrected chi connectivity index (χ1v) is 6.45. The molecule has 1 saturated carbocycles. The fourth-order valence-corrected chi connectivity index (χ4v) is 2.76. The van der Waals surface area contributed by atoms with Crippen LogP contribution in [-0.4, -0.2) is 11.1 Å². The van der Waals surface area contributed by atoms with Gasteiger partial charge < -0.3 is 5.11 Å². The Kier molecular flexibility index (Phi) is 3.52. The van der Waals surface area contributed by atoms with E-state index in [0.717, 1.165) is 24.0 Å². The molecule has 1 unspecified atom stereocenters. The quantitative estimate of drug-likeness (QED) is 0.916. The normalized spacial score (nSPS) is 16.9. The molecule has 4 heteroatoms.